The monoisotopic (exact) mass is 380 g/mol. The van der Waals surface area contributed by atoms with E-state index in [1.807, 2.05) is 24.3 Å². The van der Waals surface area contributed by atoms with Gasteiger partial charge in [-0.2, -0.15) is 0 Å². The molecule has 0 aliphatic heterocycles. The van der Waals surface area contributed by atoms with Gasteiger partial charge in [-0.15, -0.1) is 0 Å². The second-order valence-corrected chi connectivity index (χ2v) is 7.06. The molecule has 27 heavy (non-hydrogen) atoms. The number of hydrogen-bond acceptors (Lipinski definition) is 4. The van der Waals surface area contributed by atoms with Crippen LogP contribution in [0.15, 0.2) is 24.3 Å². The molecule has 0 spiro atoms. The van der Waals surface area contributed by atoms with Crippen molar-refractivity contribution in [2.45, 2.75) is 77.7 Å². The van der Waals surface area contributed by atoms with Crippen LogP contribution in [-0.4, -0.2) is 38.1 Å². The average molecular weight is 381 g/mol. The van der Waals surface area contributed by atoms with Crippen molar-refractivity contribution < 1.29 is 19.3 Å². The summed E-state index contributed by atoms with van der Waals surface area (Å²) in [7, 11) is 0. The maximum Gasteiger partial charge on any atom is 0.119 e. The zero-order chi connectivity index (χ0) is 19.4. The summed E-state index contributed by atoms with van der Waals surface area (Å²) in [5.41, 5.74) is 1.13. The first-order valence-electron chi connectivity index (χ1n) is 10.8. The first kappa shape index (κ1) is 23.9. The molecule has 0 aromatic heterocycles. The van der Waals surface area contributed by atoms with E-state index < -0.39 is 0 Å². The molecule has 0 radical (unpaired) electrons. The molecule has 156 valence electrons. The molecule has 0 saturated carbocycles. The van der Waals surface area contributed by atoms with E-state index in [-0.39, 0.29) is 6.61 Å². The first-order valence-corrected chi connectivity index (χ1v) is 10.8. The largest absolute Gasteiger partial charge is 0.494 e. The van der Waals surface area contributed by atoms with Gasteiger partial charge in [0.15, 0.2) is 0 Å². The molecule has 0 saturated heterocycles. The molecule has 1 rings (SSSR count). The Morgan fingerprint density at radius 2 is 1.26 bits per heavy atom. The minimum Gasteiger partial charge on any atom is -0.494 e. The van der Waals surface area contributed by atoms with E-state index in [1.165, 1.54) is 57.8 Å². The van der Waals surface area contributed by atoms with Crippen LogP contribution in [0.4, 0.5) is 0 Å². The predicted molar refractivity (Wildman–Crippen MR) is 111 cm³/mol. The minimum atomic E-state index is 0.0561. The lowest BCUT2D eigenvalue weighted by molar-refractivity contribution is 0.0274. The molecule has 1 aromatic rings. The van der Waals surface area contributed by atoms with Gasteiger partial charge in [-0.3, -0.25) is 0 Å². The molecule has 0 fully saturated rings. The topological polar surface area (TPSA) is 47.9 Å². The zero-order valence-electron chi connectivity index (χ0n) is 17.3. The van der Waals surface area contributed by atoms with Crippen molar-refractivity contribution in [3.63, 3.8) is 0 Å². The van der Waals surface area contributed by atoms with E-state index in [2.05, 4.69) is 6.92 Å². The number of aliphatic hydroxyl groups is 1. The lowest BCUT2D eigenvalue weighted by atomic mass is 10.1. The van der Waals surface area contributed by atoms with Gasteiger partial charge in [-0.05, 0) is 24.1 Å². The first-order chi connectivity index (χ1) is 13.4. The summed E-state index contributed by atoms with van der Waals surface area (Å²) in [6.45, 7) is 5.12. The number of aliphatic hydroxyl groups excluding tert-OH is 1. The quantitative estimate of drug-likeness (QED) is 0.321. The Morgan fingerprint density at radius 1 is 0.667 bits per heavy atom. The van der Waals surface area contributed by atoms with Crippen LogP contribution in [0, 0.1) is 0 Å². The van der Waals surface area contributed by atoms with Crippen molar-refractivity contribution in [3.05, 3.63) is 29.8 Å². The van der Waals surface area contributed by atoms with Crippen molar-refractivity contribution in [1.29, 1.82) is 0 Å². The number of unbranched alkanes of at least 4 members (excludes halogenated alkanes) is 9. The Balaban J connectivity index is 1.94. The van der Waals surface area contributed by atoms with Gasteiger partial charge in [-0.1, -0.05) is 76.8 Å². The van der Waals surface area contributed by atoms with Crippen LogP contribution in [0.25, 0.3) is 0 Å². The molecular weight excluding hydrogens is 340 g/mol. The SMILES string of the molecule is CCCCCCCCCCCCOc1ccc(COCCOCCO)cc1. The molecule has 1 aromatic carbocycles. The molecule has 0 bridgehead atoms. The maximum absolute atomic E-state index is 8.61. The Kier molecular flexibility index (Phi) is 16.2. The standard InChI is InChI=1S/C23H40O4/c1-2-3-4-5-6-7-8-9-10-11-17-27-23-14-12-22(13-15-23)21-26-20-19-25-18-16-24/h12-15,24H,2-11,16-21H2,1H3. The van der Waals surface area contributed by atoms with Gasteiger partial charge in [-0.25, -0.2) is 0 Å². The summed E-state index contributed by atoms with van der Waals surface area (Å²) < 4.78 is 16.5. The zero-order valence-corrected chi connectivity index (χ0v) is 17.3. The third-order valence-electron chi connectivity index (χ3n) is 4.57. The van der Waals surface area contributed by atoms with E-state index in [4.69, 9.17) is 19.3 Å². The number of ether oxygens (including phenoxy) is 3. The fraction of sp³-hybridized carbons (Fsp3) is 0.739. The third-order valence-corrected chi connectivity index (χ3v) is 4.57. The highest BCUT2D eigenvalue weighted by atomic mass is 16.5. The highest BCUT2D eigenvalue weighted by Crippen LogP contribution is 2.14. The van der Waals surface area contributed by atoms with Gasteiger partial charge >= 0.3 is 0 Å². The molecule has 4 heteroatoms. The fourth-order valence-electron chi connectivity index (χ4n) is 2.94. The van der Waals surface area contributed by atoms with Crippen LogP contribution in [0.3, 0.4) is 0 Å². The Morgan fingerprint density at radius 3 is 1.89 bits per heavy atom. The van der Waals surface area contributed by atoms with Gasteiger partial charge < -0.3 is 19.3 Å². The van der Waals surface area contributed by atoms with E-state index >= 15 is 0 Å². The molecule has 0 amide bonds. The van der Waals surface area contributed by atoms with Crippen molar-refractivity contribution >= 4 is 0 Å². The maximum atomic E-state index is 8.61. The summed E-state index contributed by atoms with van der Waals surface area (Å²) in [6, 6.07) is 8.11. The van der Waals surface area contributed by atoms with Gasteiger partial charge in [0, 0.05) is 0 Å². The average Bonchev–Trinajstić information content (AvgIpc) is 2.70. The van der Waals surface area contributed by atoms with Gasteiger partial charge in [0.1, 0.15) is 5.75 Å². The van der Waals surface area contributed by atoms with E-state index in [9.17, 15) is 0 Å². The summed E-state index contributed by atoms with van der Waals surface area (Å²) >= 11 is 0. The van der Waals surface area contributed by atoms with Crippen LogP contribution in [-0.2, 0) is 16.1 Å². The molecule has 0 heterocycles. The van der Waals surface area contributed by atoms with E-state index in [0.29, 0.717) is 26.4 Å². The highest BCUT2D eigenvalue weighted by Gasteiger charge is 1.98. The third kappa shape index (κ3) is 14.6. The van der Waals surface area contributed by atoms with Crippen molar-refractivity contribution in [2.24, 2.45) is 0 Å². The van der Waals surface area contributed by atoms with Gasteiger partial charge in [0.2, 0.25) is 0 Å². The number of rotatable bonds is 19. The summed E-state index contributed by atoms with van der Waals surface area (Å²) in [5.74, 6) is 0.931. The van der Waals surface area contributed by atoms with Crippen molar-refractivity contribution in [3.8, 4) is 5.75 Å². The van der Waals surface area contributed by atoms with Gasteiger partial charge in [0.05, 0.1) is 39.6 Å². The fourth-order valence-corrected chi connectivity index (χ4v) is 2.94. The molecule has 0 unspecified atom stereocenters. The van der Waals surface area contributed by atoms with Crippen LogP contribution in [0.5, 0.6) is 5.75 Å². The highest BCUT2D eigenvalue weighted by molar-refractivity contribution is 5.26. The molecule has 0 aliphatic rings. The smallest absolute Gasteiger partial charge is 0.119 e. The summed E-state index contributed by atoms with van der Waals surface area (Å²) in [5, 5.41) is 8.61. The van der Waals surface area contributed by atoms with Crippen LogP contribution in [0.1, 0.15) is 76.7 Å². The molecule has 1 N–H and O–H groups in total. The normalized spacial score (nSPS) is 11.0. The summed E-state index contributed by atoms with van der Waals surface area (Å²) in [4.78, 5) is 0. The molecule has 0 atom stereocenters. The van der Waals surface area contributed by atoms with Crippen LogP contribution >= 0.6 is 0 Å². The van der Waals surface area contributed by atoms with Gasteiger partial charge in [0.25, 0.3) is 0 Å². The van der Waals surface area contributed by atoms with Crippen LogP contribution in [0.2, 0.25) is 0 Å². The second-order valence-electron chi connectivity index (χ2n) is 7.06. The Bertz CT molecular complexity index is 419. The molecule has 0 aliphatic carbocycles. The molecule has 4 nitrogen and oxygen atoms in total. The predicted octanol–water partition coefficient (Wildman–Crippen LogP) is 5.51. The second kappa shape index (κ2) is 18.3. The summed E-state index contributed by atoms with van der Waals surface area (Å²) in [6.07, 6.45) is 13.4. The molecular formula is C23H40O4. The lowest BCUT2D eigenvalue weighted by Gasteiger charge is -2.08. The van der Waals surface area contributed by atoms with Crippen LogP contribution < -0.4 is 4.74 Å². The Hall–Kier alpha value is -1.10. The van der Waals surface area contributed by atoms with Crippen molar-refractivity contribution in [2.75, 3.05) is 33.0 Å². The minimum absolute atomic E-state index is 0.0561. The van der Waals surface area contributed by atoms with E-state index in [1.54, 1.807) is 0 Å². The van der Waals surface area contributed by atoms with Crippen molar-refractivity contribution in [1.82, 2.24) is 0 Å². The lowest BCUT2D eigenvalue weighted by Crippen LogP contribution is -2.07. The number of hydrogen-bond donors (Lipinski definition) is 1. The number of benzene rings is 1. The van der Waals surface area contributed by atoms with E-state index in [0.717, 1.165) is 24.3 Å². The Labute approximate surface area is 166 Å².